The molecule has 0 bridgehead atoms. The normalized spacial score (nSPS) is 18.9. The molecule has 1 aliphatic heterocycles. The highest BCUT2D eigenvalue weighted by molar-refractivity contribution is 5.78. The van der Waals surface area contributed by atoms with Crippen molar-refractivity contribution in [2.24, 2.45) is 5.92 Å². The largest absolute Gasteiger partial charge is 0.573 e. The van der Waals surface area contributed by atoms with Crippen molar-refractivity contribution >= 4 is 5.91 Å². The summed E-state index contributed by atoms with van der Waals surface area (Å²) in [6.45, 7) is 2.11. The third-order valence-corrected chi connectivity index (χ3v) is 3.64. The van der Waals surface area contributed by atoms with Gasteiger partial charge in [-0.25, -0.2) is 0 Å². The number of nitrogens with one attached hydrogen (secondary N) is 1. The second-order valence-corrected chi connectivity index (χ2v) is 5.54. The van der Waals surface area contributed by atoms with Crippen molar-refractivity contribution < 1.29 is 27.8 Å². The van der Waals surface area contributed by atoms with Crippen LogP contribution >= 0.6 is 0 Å². The minimum absolute atomic E-state index is 0.129. The zero-order valence-corrected chi connectivity index (χ0v) is 12.5. The summed E-state index contributed by atoms with van der Waals surface area (Å²) in [5.74, 6) is -0.220. The highest BCUT2D eigenvalue weighted by atomic mass is 19.4. The van der Waals surface area contributed by atoms with Gasteiger partial charge in [0, 0.05) is 19.7 Å². The van der Waals surface area contributed by atoms with Crippen LogP contribution < -0.4 is 10.1 Å². The van der Waals surface area contributed by atoms with Crippen LogP contribution in [0.2, 0.25) is 0 Å². The van der Waals surface area contributed by atoms with E-state index < -0.39 is 6.36 Å². The molecule has 1 saturated heterocycles. The van der Waals surface area contributed by atoms with E-state index in [0.717, 1.165) is 13.0 Å². The number of rotatable bonds is 6. The lowest BCUT2D eigenvalue weighted by Gasteiger charge is -2.15. The lowest BCUT2D eigenvalue weighted by atomic mass is 10.1. The fourth-order valence-electron chi connectivity index (χ4n) is 2.47. The van der Waals surface area contributed by atoms with Gasteiger partial charge in [-0.3, -0.25) is 9.69 Å². The predicted octanol–water partition coefficient (Wildman–Crippen LogP) is 1.52. The molecule has 1 atom stereocenters. The van der Waals surface area contributed by atoms with Crippen LogP contribution in [0.25, 0.3) is 0 Å². The van der Waals surface area contributed by atoms with E-state index in [1.165, 1.54) is 24.3 Å². The number of hydrogen-bond acceptors (Lipinski definition) is 4. The Morgan fingerprint density at radius 3 is 2.61 bits per heavy atom. The number of alkyl halides is 3. The summed E-state index contributed by atoms with van der Waals surface area (Å²) in [6.07, 6.45) is -3.83. The van der Waals surface area contributed by atoms with Crippen LogP contribution in [-0.4, -0.2) is 48.5 Å². The standard InChI is InChI=1S/C15H19F3N2O3/c16-15(17,18)23-13-3-1-11(2-4-13)7-19-14(22)9-20-6-5-12(8-20)10-21/h1-4,12,21H,5-10H2,(H,19,22). The maximum absolute atomic E-state index is 12.0. The first-order chi connectivity index (χ1) is 10.9. The lowest BCUT2D eigenvalue weighted by molar-refractivity contribution is -0.274. The Morgan fingerprint density at radius 2 is 2.04 bits per heavy atom. The zero-order chi connectivity index (χ0) is 16.9. The zero-order valence-electron chi connectivity index (χ0n) is 12.5. The van der Waals surface area contributed by atoms with Gasteiger partial charge >= 0.3 is 6.36 Å². The van der Waals surface area contributed by atoms with Gasteiger partial charge in [-0.15, -0.1) is 13.2 Å². The number of aliphatic hydroxyl groups excluding tert-OH is 1. The van der Waals surface area contributed by atoms with Crippen LogP contribution in [-0.2, 0) is 11.3 Å². The van der Waals surface area contributed by atoms with Gasteiger partial charge in [0.25, 0.3) is 0 Å². The molecule has 0 saturated carbocycles. The molecule has 1 aromatic rings. The molecule has 1 aliphatic rings. The molecule has 1 aromatic carbocycles. The predicted molar refractivity (Wildman–Crippen MR) is 76.6 cm³/mol. The van der Waals surface area contributed by atoms with E-state index in [9.17, 15) is 18.0 Å². The summed E-state index contributed by atoms with van der Waals surface area (Å²) < 4.78 is 39.9. The SMILES string of the molecule is O=C(CN1CCC(CO)C1)NCc1ccc(OC(F)(F)F)cc1. The van der Waals surface area contributed by atoms with E-state index in [-0.39, 0.29) is 37.3 Å². The van der Waals surface area contributed by atoms with Crippen LogP contribution in [0.1, 0.15) is 12.0 Å². The molecular formula is C15H19F3N2O3. The number of benzene rings is 1. The van der Waals surface area contributed by atoms with E-state index in [4.69, 9.17) is 5.11 Å². The Bertz CT molecular complexity index is 520. The average Bonchev–Trinajstić information content (AvgIpc) is 2.92. The van der Waals surface area contributed by atoms with Crippen LogP contribution in [0, 0.1) is 5.92 Å². The van der Waals surface area contributed by atoms with Gasteiger partial charge in [-0.1, -0.05) is 12.1 Å². The Balaban J connectivity index is 1.74. The monoisotopic (exact) mass is 332 g/mol. The summed E-state index contributed by atoms with van der Waals surface area (Å²) in [7, 11) is 0. The van der Waals surface area contributed by atoms with Crippen molar-refractivity contribution in [3.63, 3.8) is 0 Å². The molecule has 2 N–H and O–H groups in total. The molecule has 2 rings (SSSR count). The lowest BCUT2D eigenvalue weighted by Crippen LogP contribution is -2.35. The molecule has 0 spiro atoms. The number of aliphatic hydroxyl groups is 1. The maximum Gasteiger partial charge on any atom is 0.573 e. The quantitative estimate of drug-likeness (QED) is 0.829. The Kier molecular flexibility index (Phi) is 5.84. The van der Waals surface area contributed by atoms with Gasteiger partial charge in [0.05, 0.1) is 6.54 Å². The molecule has 1 heterocycles. The van der Waals surface area contributed by atoms with E-state index >= 15 is 0 Å². The van der Waals surface area contributed by atoms with Crippen molar-refractivity contribution in [1.82, 2.24) is 10.2 Å². The van der Waals surface area contributed by atoms with Crippen molar-refractivity contribution in [3.8, 4) is 5.75 Å². The van der Waals surface area contributed by atoms with Crippen molar-refractivity contribution in [1.29, 1.82) is 0 Å². The number of carbonyl (C=O) groups is 1. The molecule has 0 aromatic heterocycles. The Hall–Kier alpha value is -1.80. The molecule has 0 radical (unpaired) electrons. The molecule has 0 aliphatic carbocycles. The smallest absolute Gasteiger partial charge is 0.406 e. The van der Waals surface area contributed by atoms with Crippen LogP contribution in [0.3, 0.4) is 0 Å². The fraction of sp³-hybridized carbons (Fsp3) is 0.533. The second-order valence-electron chi connectivity index (χ2n) is 5.54. The minimum Gasteiger partial charge on any atom is -0.406 e. The topological polar surface area (TPSA) is 61.8 Å². The number of nitrogens with zero attached hydrogens (tertiary/aromatic N) is 1. The Labute approximate surface area is 132 Å². The number of hydrogen-bond donors (Lipinski definition) is 2. The van der Waals surface area contributed by atoms with Gasteiger partial charge in [0.2, 0.25) is 5.91 Å². The average molecular weight is 332 g/mol. The molecule has 1 amide bonds. The van der Waals surface area contributed by atoms with Crippen molar-refractivity contribution in [2.75, 3.05) is 26.2 Å². The van der Waals surface area contributed by atoms with Gasteiger partial charge < -0.3 is 15.2 Å². The molecule has 1 fully saturated rings. The van der Waals surface area contributed by atoms with E-state index in [0.29, 0.717) is 12.1 Å². The van der Waals surface area contributed by atoms with Crippen LogP contribution in [0.15, 0.2) is 24.3 Å². The first-order valence-electron chi connectivity index (χ1n) is 7.30. The first-order valence-corrected chi connectivity index (χ1v) is 7.30. The van der Waals surface area contributed by atoms with Crippen LogP contribution in [0.4, 0.5) is 13.2 Å². The molecule has 5 nitrogen and oxygen atoms in total. The fourth-order valence-corrected chi connectivity index (χ4v) is 2.47. The second kappa shape index (κ2) is 7.65. The number of ether oxygens (including phenoxy) is 1. The van der Waals surface area contributed by atoms with E-state index in [1.54, 1.807) is 0 Å². The highest BCUT2D eigenvalue weighted by Gasteiger charge is 2.31. The molecule has 128 valence electrons. The molecule has 1 unspecified atom stereocenters. The van der Waals surface area contributed by atoms with Gasteiger partial charge in [-0.05, 0) is 36.6 Å². The van der Waals surface area contributed by atoms with Crippen LogP contribution in [0.5, 0.6) is 5.75 Å². The third-order valence-electron chi connectivity index (χ3n) is 3.64. The molecule has 23 heavy (non-hydrogen) atoms. The number of amides is 1. The minimum atomic E-state index is -4.71. The van der Waals surface area contributed by atoms with Gasteiger partial charge in [-0.2, -0.15) is 0 Å². The summed E-state index contributed by atoms with van der Waals surface area (Å²) in [4.78, 5) is 13.8. The van der Waals surface area contributed by atoms with Crippen molar-refractivity contribution in [2.45, 2.75) is 19.3 Å². The van der Waals surface area contributed by atoms with E-state index in [2.05, 4.69) is 10.1 Å². The number of carbonyl (C=O) groups excluding carboxylic acids is 1. The summed E-state index contributed by atoms with van der Waals surface area (Å²) in [5.41, 5.74) is 0.683. The number of likely N-dealkylation sites (tertiary alicyclic amines) is 1. The number of halogens is 3. The summed E-state index contributed by atoms with van der Waals surface area (Å²) in [5, 5.41) is 11.8. The van der Waals surface area contributed by atoms with Gasteiger partial charge in [0.1, 0.15) is 5.75 Å². The summed E-state index contributed by atoms with van der Waals surface area (Å²) in [6, 6.07) is 5.36. The summed E-state index contributed by atoms with van der Waals surface area (Å²) >= 11 is 0. The maximum atomic E-state index is 12.0. The van der Waals surface area contributed by atoms with E-state index in [1.807, 2.05) is 4.90 Å². The molecular weight excluding hydrogens is 313 g/mol. The van der Waals surface area contributed by atoms with Gasteiger partial charge in [0.15, 0.2) is 0 Å². The molecule has 8 heteroatoms. The highest BCUT2D eigenvalue weighted by Crippen LogP contribution is 2.22. The first kappa shape index (κ1) is 17.6. The third kappa shape index (κ3) is 6.07. The van der Waals surface area contributed by atoms with Crippen molar-refractivity contribution in [3.05, 3.63) is 29.8 Å². The Morgan fingerprint density at radius 1 is 1.35 bits per heavy atom.